The highest BCUT2D eigenvalue weighted by molar-refractivity contribution is 6.06. The highest BCUT2D eigenvalue weighted by Crippen LogP contribution is 2.53. The van der Waals surface area contributed by atoms with Crippen molar-refractivity contribution in [1.82, 2.24) is 0 Å². The Hall–Kier alpha value is -2.34. The van der Waals surface area contributed by atoms with Gasteiger partial charge in [-0.05, 0) is 69.5 Å². The lowest BCUT2D eigenvalue weighted by atomic mass is 9.81. The minimum absolute atomic E-state index is 0.0749. The summed E-state index contributed by atoms with van der Waals surface area (Å²) in [4.78, 5) is 0. The average molecular weight is 310 g/mol. The number of aryl methyl sites for hydroxylation is 2. The molecule has 0 aliphatic heterocycles. The molecular formula is C24H22. The Bertz CT molecular complexity index is 1030. The summed E-state index contributed by atoms with van der Waals surface area (Å²) in [6, 6.07) is 16.4. The van der Waals surface area contributed by atoms with Crippen LogP contribution in [0.5, 0.6) is 0 Å². The quantitative estimate of drug-likeness (QED) is 0.496. The van der Waals surface area contributed by atoms with E-state index in [1.165, 1.54) is 57.0 Å². The molecule has 0 radical (unpaired) electrons. The van der Waals surface area contributed by atoms with Gasteiger partial charge in [0.1, 0.15) is 0 Å². The maximum Gasteiger partial charge on any atom is 0.0159 e. The normalized spacial score (nSPS) is 16.8. The van der Waals surface area contributed by atoms with Crippen molar-refractivity contribution in [2.45, 2.75) is 39.0 Å². The molecule has 0 amide bonds. The first-order valence-electron chi connectivity index (χ1n) is 8.97. The molecular weight excluding hydrogens is 288 g/mol. The number of rotatable bonds is 1. The topological polar surface area (TPSA) is 0 Å². The zero-order valence-corrected chi connectivity index (χ0v) is 14.6. The van der Waals surface area contributed by atoms with Gasteiger partial charge in [0.25, 0.3) is 0 Å². The summed E-state index contributed by atoms with van der Waals surface area (Å²) in [5.41, 5.74) is 10.3. The van der Waals surface area contributed by atoms with Crippen molar-refractivity contribution in [2.24, 2.45) is 0 Å². The monoisotopic (exact) mass is 310 g/mol. The van der Waals surface area contributed by atoms with Crippen LogP contribution in [-0.2, 0) is 18.3 Å². The van der Waals surface area contributed by atoms with Gasteiger partial charge >= 0.3 is 0 Å². The van der Waals surface area contributed by atoms with E-state index in [2.05, 4.69) is 75.4 Å². The molecule has 0 N–H and O–H groups in total. The standard InChI is InChI=1S/C24H22/c1-4-6-15-9-12-18-20(13-15)24(2,3)21-14-17-11-10-16-7-5-8-19(22(16)17)23(18)21/h4-9,12-14H,10-11H2,1-3H3/b6-4+. The van der Waals surface area contributed by atoms with Crippen LogP contribution < -0.4 is 0 Å². The molecule has 0 fully saturated rings. The average Bonchev–Trinajstić information content (AvgIpc) is 3.08. The number of benzene rings is 3. The Kier molecular flexibility index (Phi) is 2.69. The third-order valence-corrected chi connectivity index (χ3v) is 6.01. The van der Waals surface area contributed by atoms with Crippen LogP contribution in [0.3, 0.4) is 0 Å². The van der Waals surface area contributed by atoms with Gasteiger partial charge in [0.05, 0.1) is 0 Å². The molecule has 0 saturated heterocycles. The van der Waals surface area contributed by atoms with Crippen molar-refractivity contribution < 1.29 is 0 Å². The molecule has 3 aromatic carbocycles. The Balaban J connectivity index is 1.91. The van der Waals surface area contributed by atoms with E-state index < -0.39 is 0 Å². The van der Waals surface area contributed by atoms with Crippen LogP contribution in [0.25, 0.3) is 28.0 Å². The van der Waals surface area contributed by atoms with E-state index in [1.807, 2.05) is 0 Å². The van der Waals surface area contributed by atoms with Gasteiger partial charge in [-0.3, -0.25) is 0 Å². The lowest BCUT2D eigenvalue weighted by Crippen LogP contribution is -2.15. The maximum atomic E-state index is 2.50. The number of allylic oxidation sites excluding steroid dienone is 1. The molecule has 2 aliphatic carbocycles. The van der Waals surface area contributed by atoms with Gasteiger partial charge < -0.3 is 0 Å². The molecule has 3 aromatic rings. The van der Waals surface area contributed by atoms with Crippen molar-refractivity contribution in [3.63, 3.8) is 0 Å². The first-order valence-corrected chi connectivity index (χ1v) is 8.97. The van der Waals surface area contributed by atoms with Crippen molar-refractivity contribution >= 4 is 16.8 Å². The number of hydrogen-bond donors (Lipinski definition) is 0. The van der Waals surface area contributed by atoms with E-state index >= 15 is 0 Å². The van der Waals surface area contributed by atoms with Crippen LogP contribution in [0.4, 0.5) is 0 Å². The van der Waals surface area contributed by atoms with E-state index in [4.69, 9.17) is 0 Å². The zero-order chi connectivity index (χ0) is 16.5. The highest BCUT2D eigenvalue weighted by atomic mass is 14.4. The van der Waals surface area contributed by atoms with Gasteiger partial charge in [0.2, 0.25) is 0 Å². The summed E-state index contributed by atoms with van der Waals surface area (Å²) in [7, 11) is 0. The molecule has 24 heavy (non-hydrogen) atoms. The zero-order valence-electron chi connectivity index (χ0n) is 14.6. The molecule has 0 nitrogen and oxygen atoms in total. The Morgan fingerprint density at radius 1 is 0.917 bits per heavy atom. The largest absolute Gasteiger partial charge is 0.0871 e. The molecule has 0 spiro atoms. The Morgan fingerprint density at radius 2 is 1.75 bits per heavy atom. The first kappa shape index (κ1) is 14.0. The molecule has 0 atom stereocenters. The molecule has 118 valence electrons. The second-order valence-electron chi connectivity index (χ2n) is 7.73. The van der Waals surface area contributed by atoms with Gasteiger partial charge in [-0.15, -0.1) is 0 Å². The molecule has 0 bridgehead atoms. The van der Waals surface area contributed by atoms with Gasteiger partial charge in [-0.1, -0.05) is 68.5 Å². The van der Waals surface area contributed by atoms with E-state index in [0.717, 1.165) is 0 Å². The summed E-state index contributed by atoms with van der Waals surface area (Å²) >= 11 is 0. The van der Waals surface area contributed by atoms with Crippen LogP contribution in [0.2, 0.25) is 0 Å². The number of fused-ring (bicyclic) bond motifs is 4. The molecule has 5 rings (SSSR count). The summed E-state index contributed by atoms with van der Waals surface area (Å²) in [6.07, 6.45) is 6.71. The maximum absolute atomic E-state index is 2.50. The second-order valence-corrected chi connectivity index (χ2v) is 7.73. The van der Waals surface area contributed by atoms with Gasteiger partial charge in [-0.2, -0.15) is 0 Å². The smallest absolute Gasteiger partial charge is 0.0159 e. The van der Waals surface area contributed by atoms with Crippen molar-refractivity contribution in [3.8, 4) is 11.1 Å². The van der Waals surface area contributed by atoms with Crippen LogP contribution in [0, 0.1) is 0 Å². The van der Waals surface area contributed by atoms with Crippen LogP contribution in [-0.4, -0.2) is 0 Å². The predicted molar refractivity (Wildman–Crippen MR) is 104 cm³/mol. The fraction of sp³-hybridized carbons (Fsp3) is 0.250. The van der Waals surface area contributed by atoms with E-state index in [-0.39, 0.29) is 5.41 Å². The van der Waals surface area contributed by atoms with E-state index in [9.17, 15) is 0 Å². The summed E-state index contributed by atoms with van der Waals surface area (Å²) in [5, 5.41) is 2.99. The molecule has 2 aliphatic rings. The van der Waals surface area contributed by atoms with Crippen LogP contribution >= 0.6 is 0 Å². The van der Waals surface area contributed by atoms with Crippen molar-refractivity contribution in [3.05, 3.63) is 76.4 Å². The molecule has 0 saturated carbocycles. The third-order valence-electron chi connectivity index (χ3n) is 6.01. The first-order chi connectivity index (χ1) is 11.6. The summed E-state index contributed by atoms with van der Waals surface area (Å²) in [6.45, 7) is 6.85. The fourth-order valence-electron chi connectivity index (χ4n) is 4.85. The fourth-order valence-corrected chi connectivity index (χ4v) is 4.85. The SMILES string of the molecule is C/C=C/c1ccc2c(c1)C(C)(C)c1cc3c4c(cccc4c1-2)CC3. The molecule has 0 unspecified atom stereocenters. The van der Waals surface area contributed by atoms with Gasteiger partial charge in [-0.25, -0.2) is 0 Å². The molecule has 0 heterocycles. The second kappa shape index (κ2) is 4.60. The summed E-state index contributed by atoms with van der Waals surface area (Å²) < 4.78 is 0. The lowest BCUT2D eigenvalue weighted by Gasteiger charge is -2.22. The summed E-state index contributed by atoms with van der Waals surface area (Å²) in [5.74, 6) is 0. The van der Waals surface area contributed by atoms with E-state index in [1.54, 1.807) is 5.56 Å². The van der Waals surface area contributed by atoms with Crippen molar-refractivity contribution in [1.29, 1.82) is 0 Å². The Morgan fingerprint density at radius 3 is 2.58 bits per heavy atom. The third kappa shape index (κ3) is 1.64. The van der Waals surface area contributed by atoms with Crippen molar-refractivity contribution in [2.75, 3.05) is 0 Å². The van der Waals surface area contributed by atoms with Gasteiger partial charge in [0, 0.05) is 5.41 Å². The van der Waals surface area contributed by atoms with Crippen LogP contribution in [0.15, 0.2) is 48.5 Å². The minimum atomic E-state index is 0.0749. The lowest BCUT2D eigenvalue weighted by molar-refractivity contribution is 0.659. The predicted octanol–water partition coefficient (Wildman–Crippen LogP) is 6.28. The molecule has 0 heteroatoms. The molecule has 0 aromatic heterocycles. The Labute approximate surface area is 143 Å². The highest BCUT2D eigenvalue weighted by Gasteiger charge is 2.37. The van der Waals surface area contributed by atoms with Gasteiger partial charge in [0.15, 0.2) is 0 Å². The number of hydrogen-bond acceptors (Lipinski definition) is 0. The van der Waals surface area contributed by atoms with E-state index in [0.29, 0.717) is 0 Å². The minimum Gasteiger partial charge on any atom is -0.0871 e. The van der Waals surface area contributed by atoms with Crippen LogP contribution in [0.1, 0.15) is 48.6 Å².